The fourth-order valence-electron chi connectivity index (χ4n) is 5.61. The van der Waals surface area contributed by atoms with Crippen LogP contribution in [0.15, 0.2) is 93.6 Å². The lowest BCUT2D eigenvalue weighted by Gasteiger charge is -2.24. The Balaban J connectivity index is 1.80. The lowest BCUT2D eigenvalue weighted by Crippen LogP contribution is -2.15. The van der Waals surface area contributed by atoms with Gasteiger partial charge in [0.15, 0.2) is 5.83 Å². The van der Waals surface area contributed by atoms with Gasteiger partial charge in [-0.25, -0.2) is 8.78 Å². The van der Waals surface area contributed by atoms with Crippen molar-refractivity contribution in [3.63, 3.8) is 0 Å². The highest BCUT2D eigenvalue weighted by molar-refractivity contribution is 5.93. The third kappa shape index (κ3) is 4.20. The van der Waals surface area contributed by atoms with Crippen LogP contribution in [0.4, 0.5) is 8.78 Å². The number of hydrogen-bond acceptors (Lipinski definition) is 8. The van der Waals surface area contributed by atoms with Gasteiger partial charge < -0.3 is 0 Å². The number of rotatable bonds is 2. The summed E-state index contributed by atoms with van der Waals surface area (Å²) >= 11 is 0. The maximum Gasteiger partial charge on any atom is 0.150 e. The molecule has 10 heteroatoms. The van der Waals surface area contributed by atoms with E-state index >= 15 is 8.78 Å². The maximum atomic E-state index is 16.0. The molecule has 3 aliphatic rings. The second-order valence-electron chi connectivity index (χ2n) is 9.66. The van der Waals surface area contributed by atoms with Gasteiger partial charge >= 0.3 is 0 Å². The highest BCUT2D eigenvalue weighted by Crippen LogP contribution is 2.55. The van der Waals surface area contributed by atoms with E-state index in [1.165, 1.54) is 48.6 Å². The first-order chi connectivity index (χ1) is 21.3. The van der Waals surface area contributed by atoms with Gasteiger partial charge in [-0.2, -0.15) is 42.1 Å². The molecule has 0 spiro atoms. The van der Waals surface area contributed by atoms with Crippen molar-refractivity contribution in [2.24, 2.45) is 11.8 Å². The minimum atomic E-state index is -1.06. The Labute approximate surface area is 249 Å². The van der Waals surface area contributed by atoms with E-state index in [-0.39, 0.29) is 72.4 Å². The molecule has 0 bridgehead atoms. The van der Waals surface area contributed by atoms with Crippen molar-refractivity contribution >= 4 is 11.1 Å². The van der Waals surface area contributed by atoms with Gasteiger partial charge in [0.1, 0.15) is 24.0 Å². The first kappa shape index (κ1) is 28.2. The van der Waals surface area contributed by atoms with Crippen LogP contribution in [0.2, 0.25) is 0 Å². The number of nitriles is 8. The van der Waals surface area contributed by atoms with Crippen LogP contribution in [0.25, 0.3) is 11.1 Å². The van der Waals surface area contributed by atoms with E-state index in [4.69, 9.17) is 0 Å². The summed E-state index contributed by atoms with van der Waals surface area (Å²) in [6, 6.07) is 22.7. The predicted molar refractivity (Wildman–Crippen MR) is 147 cm³/mol. The van der Waals surface area contributed by atoms with E-state index in [0.717, 1.165) is 0 Å². The number of allylic oxidation sites excluding steroid dienone is 12. The van der Waals surface area contributed by atoms with E-state index in [1.807, 2.05) is 42.5 Å². The van der Waals surface area contributed by atoms with E-state index in [1.54, 1.807) is 6.07 Å². The van der Waals surface area contributed by atoms with Crippen LogP contribution in [0.1, 0.15) is 33.4 Å². The normalized spacial score (nSPS) is 20.0. The third-order valence-corrected chi connectivity index (χ3v) is 7.42. The Morgan fingerprint density at radius 1 is 0.523 bits per heavy atom. The molecule has 0 amide bonds. The molecule has 0 saturated heterocycles. The number of benzene rings is 2. The summed E-state index contributed by atoms with van der Waals surface area (Å²) in [4.78, 5) is 0. The van der Waals surface area contributed by atoms with Crippen molar-refractivity contribution in [2.75, 3.05) is 0 Å². The summed E-state index contributed by atoms with van der Waals surface area (Å²) in [6.45, 7) is 0. The molecule has 0 N–H and O–H groups in total. The third-order valence-electron chi connectivity index (χ3n) is 7.42. The standard InChI is InChI=1S/C34H10F2N8/c35-33-29(15-43)23-8-26-24(7-25(23)31(33)27(13-41)21-3-17(9-37)1-18(4-21)10-38)30(16-44)34(36)32(26)28(14-42)22-5-19(11-39)2-20(6-22)12-40/h1-8,23,25H/b31-27-,32-28-. The van der Waals surface area contributed by atoms with E-state index in [9.17, 15) is 42.1 Å². The Bertz CT molecular complexity index is 2230. The summed E-state index contributed by atoms with van der Waals surface area (Å²) in [6.07, 6.45) is 2.73. The van der Waals surface area contributed by atoms with Gasteiger partial charge in [-0.1, -0.05) is 12.2 Å². The highest BCUT2D eigenvalue weighted by Gasteiger charge is 2.46. The van der Waals surface area contributed by atoms with Crippen LogP contribution in [0.3, 0.4) is 0 Å². The zero-order valence-corrected chi connectivity index (χ0v) is 22.1. The number of nitrogens with zero attached hydrogens (tertiary/aromatic N) is 8. The fourth-order valence-corrected chi connectivity index (χ4v) is 5.61. The molecule has 0 aromatic heterocycles. The summed E-state index contributed by atoms with van der Waals surface area (Å²) in [5.41, 5.74) is -1.61. The zero-order chi connectivity index (χ0) is 31.7. The molecule has 2 atom stereocenters. The average Bonchev–Trinajstić information content (AvgIpc) is 3.48. The quantitative estimate of drug-likeness (QED) is 0.391. The Morgan fingerprint density at radius 3 is 1.43 bits per heavy atom. The summed E-state index contributed by atoms with van der Waals surface area (Å²) in [5.74, 6) is -4.19. The monoisotopic (exact) mass is 568 g/mol. The number of hydrogen-bond donors (Lipinski definition) is 0. The van der Waals surface area contributed by atoms with E-state index in [2.05, 4.69) is 0 Å². The van der Waals surface area contributed by atoms with Crippen LogP contribution < -0.4 is 0 Å². The Kier molecular flexibility index (Phi) is 6.99. The van der Waals surface area contributed by atoms with E-state index in [0.29, 0.717) is 0 Å². The smallest absolute Gasteiger partial charge is 0.150 e. The van der Waals surface area contributed by atoms with Crippen molar-refractivity contribution in [1.82, 2.24) is 0 Å². The van der Waals surface area contributed by atoms with Gasteiger partial charge in [0.25, 0.3) is 0 Å². The summed E-state index contributed by atoms with van der Waals surface area (Å²) < 4.78 is 32.0. The first-order valence-electron chi connectivity index (χ1n) is 12.5. The van der Waals surface area contributed by atoms with Crippen molar-refractivity contribution < 1.29 is 8.78 Å². The Hall–Kier alpha value is -7.34. The summed E-state index contributed by atoms with van der Waals surface area (Å²) in [7, 11) is 0. The van der Waals surface area contributed by atoms with Gasteiger partial charge in [-0.05, 0) is 58.7 Å². The first-order valence-corrected chi connectivity index (χ1v) is 12.5. The van der Waals surface area contributed by atoms with Crippen LogP contribution in [-0.4, -0.2) is 0 Å². The molecule has 44 heavy (non-hydrogen) atoms. The molecule has 200 valence electrons. The van der Waals surface area contributed by atoms with E-state index < -0.39 is 29.1 Å². The minimum absolute atomic E-state index is 0.0104. The molecule has 3 aliphatic carbocycles. The molecule has 8 nitrogen and oxygen atoms in total. The average molecular weight is 569 g/mol. The molecule has 0 saturated carbocycles. The number of halogens is 2. The molecule has 5 rings (SSSR count). The number of fused-ring (bicyclic) bond motifs is 2. The van der Waals surface area contributed by atoms with Crippen molar-refractivity contribution in [3.8, 4) is 48.6 Å². The van der Waals surface area contributed by atoms with Crippen molar-refractivity contribution in [1.29, 1.82) is 42.1 Å². The van der Waals surface area contributed by atoms with Gasteiger partial charge in [0.05, 0.1) is 74.9 Å². The van der Waals surface area contributed by atoms with Crippen LogP contribution in [0, 0.1) is 102 Å². The molecule has 0 heterocycles. The molecular weight excluding hydrogens is 558 g/mol. The molecule has 2 unspecified atom stereocenters. The van der Waals surface area contributed by atoms with Gasteiger partial charge in [0, 0.05) is 23.0 Å². The minimum Gasteiger partial charge on any atom is -0.206 e. The lowest BCUT2D eigenvalue weighted by atomic mass is 9.77. The lowest BCUT2D eigenvalue weighted by molar-refractivity contribution is 0.630. The Morgan fingerprint density at radius 2 is 1.00 bits per heavy atom. The van der Waals surface area contributed by atoms with Gasteiger partial charge in [0.2, 0.25) is 0 Å². The van der Waals surface area contributed by atoms with Crippen LogP contribution >= 0.6 is 0 Å². The molecule has 0 radical (unpaired) electrons. The predicted octanol–water partition coefficient (Wildman–Crippen LogP) is 6.05. The van der Waals surface area contributed by atoms with Gasteiger partial charge in [-0.15, -0.1) is 0 Å². The second kappa shape index (κ2) is 10.9. The van der Waals surface area contributed by atoms with Crippen molar-refractivity contribution in [3.05, 3.63) is 127 Å². The largest absolute Gasteiger partial charge is 0.206 e. The molecule has 0 fully saturated rings. The zero-order valence-electron chi connectivity index (χ0n) is 22.1. The van der Waals surface area contributed by atoms with Gasteiger partial charge in [-0.3, -0.25) is 0 Å². The highest BCUT2D eigenvalue weighted by atomic mass is 19.1. The summed E-state index contributed by atoms with van der Waals surface area (Å²) in [5, 5.41) is 77.7. The fraction of sp³-hybridized carbons (Fsp3) is 0.0588. The second-order valence-corrected chi connectivity index (χ2v) is 9.66. The van der Waals surface area contributed by atoms with Crippen LogP contribution in [0.5, 0.6) is 0 Å². The SMILES string of the molecule is N#CC1=C(F)/C(=C(/C#N)c2cc(C#N)cc(C#N)c2)C2=CC3C(C#N)=C(F)/C(=C(/C#N)c4cc(C#N)cc(C#N)c4)C3C=C21. The molecule has 2 aromatic carbocycles. The maximum absolute atomic E-state index is 16.0. The van der Waals surface area contributed by atoms with Crippen molar-refractivity contribution in [2.45, 2.75) is 0 Å². The molecule has 2 aromatic rings. The molecule has 0 aliphatic heterocycles. The topological polar surface area (TPSA) is 190 Å². The van der Waals surface area contributed by atoms with Crippen LogP contribution in [-0.2, 0) is 0 Å². The molecular formula is C34H10F2N8.